The number of carbonyl (C=O) groups excluding carboxylic acids is 2. The third-order valence-electron chi connectivity index (χ3n) is 5.88. The lowest BCUT2D eigenvalue weighted by molar-refractivity contribution is -0.140. The molecule has 0 N–H and O–H groups in total. The number of nitrogens with zero attached hydrogens (tertiary/aromatic N) is 3. The predicted octanol–water partition coefficient (Wildman–Crippen LogP) is 2.52. The number of piperazine rings is 1. The lowest BCUT2D eigenvalue weighted by atomic mass is 9.87. The Hall–Kier alpha value is -2.08. The summed E-state index contributed by atoms with van der Waals surface area (Å²) >= 11 is 0. The molecule has 0 radical (unpaired) electrons. The highest BCUT2D eigenvalue weighted by molar-refractivity contribution is 5.81. The first-order valence-electron chi connectivity index (χ1n) is 10.8. The van der Waals surface area contributed by atoms with Crippen LogP contribution in [-0.2, 0) is 15.0 Å². The number of carbonyl (C=O) groups is 2. The fraction of sp³-hybridized carbons (Fsp3) is 0.652. The first-order valence-corrected chi connectivity index (χ1v) is 10.8. The van der Waals surface area contributed by atoms with Crippen molar-refractivity contribution in [3.63, 3.8) is 0 Å². The summed E-state index contributed by atoms with van der Waals surface area (Å²) in [7, 11) is 0. The molecule has 2 saturated heterocycles. The number of rotatable bonds is 5. The van der Waals surface area contributed by atoms with Gasteiger partial charge in [-0.05, 0) is 42.9 Å². The zero-order valence-electron chi connectivity index (χ0n) is 18.3. The van der Waals surface area contributed by atoms with E-state index in [0.29, 0.717) is 25.4 Å². The molecule has 160 valence electrons. The van der Waals surface area contributed by atoms with Crippen LogP contribution in [0.15, 0.2) is 24.3 Å². The number of hydrogen-bond donors (Lipinski definition) is 0. The molecule has 2 aliphatic rings. The molecule has 2 aliphatic heterocycles. The van der Waals surface area contributed by atoms with Crippen LogP contribution in [0.5, 0.6) is 5.75 Å². The number of hydrogen-bond acceptors (Lipinski definition) is 4. The monoisotopic (exact) mass is 401 g/mol. The van der Waals surface area contributed by atoms with E-state index in [2.05, 4.69) is 37.8 Å². The smallest absolute Gasteiger partial charge is 0.263 e. The number of ether oxygens (including phenoxy) is 1. The lowest BCUT2D eigenvalue weighted by Crippen LogP contribution is -2.53. The van der Waals surface area contributed by atoms with Crippen LogP contribution in [0.25, 0.3) is 0 Å². The Morgan fingerprint density at radius 3 is 2.07 bits per heavy atom. The van der Waals surface area contributed by atoms with Crippen molar-refractivity contribution in [2.75, 3.05) is 45.8 Å². The van der Waals surface area contributed by atoms with Gasteiger partial charge in [-0.3, -0.25) is 14.5 Å². The molecule has 6 heteroatoms. The third-order valence-corrected chi connectivity index (χ3v) is 5.88. The Morgan fingerprint density at radius 2 is 1.52 bits per heavy atom. The van der Waals surface area contributed by atoms with Crippen LogP contribution in [0.1, 0.15) is 46.1 Å². The van der Waals surface area contributed by atoms with Crippen LogP contribution < -0.4 is 4.74 Å². The van der Waals surface area contributed by atoms with Gasteiger partial charge < -0.3 is 14.5 Å². The molecule has 0 aliphatic carbocycles. The van der Waals surface area contributed by atoms with Gasteiger partial charge in [-0.2, -0.15) is 0 Å². The van der Waals surface area contributed by atoms with Crippen LogP contribution in [0.2, 0.25) is 0 Å². The van der Waals surface area contributed by atoms with Gasteiger partial charge >= 0.3 is 0 Å². The molecule has 1 aromatic carbocycles. The maximum atomic E-state index is 12.8. The normalized spacial score (nSPS) is 19.3. The van der Waals surface area contributed by atoms with E-state index in [-0.39, 0.29) is 17.2 Å². The van der Waals surface area contributed by atoms with Crippen molar-refractivity contribution in [3.05, 3.63) is 29.8 Å². The Balaban J connectivity index is 1.45. The van der Waals surface area contributed by atoms with Gasteiger partial charge in [0.1, 0.15) is 5.75 Å². The van der Waals surface area contributed by atoms with Crippen LogP contribution in [0, 0.1) is 0 Å². The lowest BCUT2D eigenvalue weighted by Gasteiger charge is -2.36. The van der Waals surface area contributed by atoms with E-state index in [0.717, 1.165) is 39.0 Å². The molecule has 1 aromatic rings. The van der Waals surface area contributed by atoms with Crippen molar-refractivity contribution in [1.29, 1.82) is 0 Å². The van der Waals surface area contributed by atoms with E-state index in [1.54, 1.807) is 0 Å². The summed E-state index contributed by atoms with van der Waals surface area (Å²) in [6.45, 7) is 13.3. The van der Waals surface area contributed by atoms with Crippen molar-refractivity contribution in [2.45, 2.75) is 52.1 Å². The molecular weight excluding hydrogens is 366 g/mol. The summed E-state index contributed by atoms with van der Waals surface area (Å²) in [6, 6.07) is 7.99. The average molecular weight is 402 g/mol. The molecular formula is C23H35N3O3. The van der Waals surface area contributed by atoms with Crippen molar-refractivity contribution in [2.24, 2.45) is 0 Å². The van der Waals surface area contributed by atoms with Crippen LogP contribution >= 0.6 is 0 Å². The Kier molecular flexibility index (Phi) is 6.83. The van der Waals surface area contributed by atoms with Crippen molar-refractivity contribution < 1.29 is 14.3 Å². The van der Waals surface area contributed by atoms with E-state index < -0.39 is 6.10 Å². The molecule has 3 rings (SSSR count). The quantitative estimate of drug-likeness (QED) is 0.761. The van der Waals surface area contributed by atoms with E-state index in [1.165, 1.54) is 5.56 Å². The Bertz CT molecular complexity index is 697. The van der Waals surface area contributed by atoms with E-state index in [9.17, 15) is 9.59 Å². The summed E-state index contributed by atoms with van der Waals surface area (Å²) in [6.07, 6.45) is 1.71. The van der Waals surface area contributed by atoms with Gasteiger partial charge in [0.2, 0.25) is 5.91 Å². The number of likely N-dealkylation sites (tertiary alicyclic amines) is 1. The minimum Gasteiger partial charge on any atom is -0.481 e. The third kappa shape index (κ3) is 5.72. The molecule has 6 nitrogen and oxygen atoms in total. The van der Waals surface area contributed by atoms with Crippen LogP contribution in [0.3, 0.4) is 0 Å². The van der Waals surface area contributed by atoms with Crippen LogP contribution in [-0.4, -0.2) is 78.4 Å². The molecule has 2 fully saturated rings. The molecule has 0 spiro atoms. The van der Waals surface area contributed by atoms with Crippen LogP contribution in [0.4, 0.5) is 0 Å². The Labute approximate surface area is 174 Å². The molecule has 2 amide bonds. The summed E-state index contributed by atoms with van der Waals surface area (Å²) < 4.78 is 5.89. The molecule has 2 heterocycles. The van der Waals surface area contributed by atoms with E-state index >= 15 is 0 Å². The summed E-state index contributed by atoms with van der Waals surface area (Å²) in [5.74, 6) is 0.946. The molecule has 1 unspecified atom stereocenters. The maximum absolute atomic E-state index is 12.8. The standard InChI is InChI=1S/C23H35N3O3/c1-18(29-20-9-7-19(8-10-20)23(2,3)4)22(28)26-15-13-24(14-16-26)17-21(27)25-11-5-6-12-25/h7-10,18H,5-6,11-17H2,1-4H3. The largest absolute Gasteiger partial charge is 0.481 e. The van der Waals surface area contributed by atoms with Gasteiger partial charge in [0.05, 0.1) is 6.54 Å². The highest BCUT2D eigenvalue weighted by Crippen LogP contribution is 2.24. The predicted molar refractivity (Wildman–Crippen MR) is 114 cm³/mol. The number of benzene rings is 1. The molecule has 1 atom stereocenters. The zero-order chi connectivity index (χ0) is 21.0. The second kappa shape index (κ2) is 9.16. The highest BCUT2D eigenvalue weighted by atomic mass is 16.5. The Morgan fingerprint density at radius 1 is 0.931 bits per heavy atom. The van der Waals surface area contributed by atoms with Crippen molar-refractivity contribution in [1.82, 2.24) is 14.7 Å². The molecule has 0 aromatic heterocycles. The summed E-state index contributed by atoms with van der Waals surface area (Å²) in [5.41, 5.74) is 1.33. The SMILES string of the molecule is CC(Oc1ccc(C(C)(C)C)cc1)C(=O)N1CCN(CC(=O)N2CCCC2)CC1. The summed E-state index contributed by atoms with van der Waals surface area (Å²) in [4.78, 5) is 31.0. The van der Waals surface area contributed by atoms with Crippen molar-refractivity contribution in [3.8, 4) is 5.75 Å². The second-order valence-electron chi connectivity index (χ2n) is 9.22. The van der Waals surface area contributed by atoms with Gasteiger partial charge in [0, 0.05) is 39.3 Å². The highest BCUT2D eigenvalue weighted by Gasteiger charge is 2.28. The van der Waals surface area contributed by atoms with E-state index in [1.807, 2.05) is 28.9 Å². The maximum Gasteiger partial charge on any atom is 0.263 e. The van der Waals surface area contributed by atoms with Gasteiger partial charge in [0.25, 0.3) is 5.91 Å². The van der Waals surface area contributed by atoms with E-state index in [4.69, 9.17) is 4.74 Å². The van der Waals surface area contributed by atoms with Gasteiger partial charge in [-0.25, -0.2) is 0 Å². The van der Waals surface area contributed by atoms with Gasteiger partial charge in [-0.15, -0.1) is 0 Å². The minimum absolute atomic E-state index is 0.00965. The first kappa shape index (κ1) is 21.6. The first-order chi connectivity index (χ1) is 13.7. The number of amides is 2. The average Bonchev–Trinajstić information content (AvgIpc) is 3.23. The molecule has 29 heavy (non-hydrogen) atoms. The van der Waals surface area contributed by atoms with Gasteiger partial charge in [-0.1, -0.05) is 32.9 Å². The topological polar surface area (TPSA) is 53.1 Å². The fourth-order valence-corrected chi connectivity index (χ4v) is 3.93. The molecule has 0 bridgehead atoms. The zero-order valence-corrected chi connectivity index (χ0v) is 18.3. The minimum atomic E-state index is -0.520. The van der Waals surface area contributed by atoms with Crippen molar-refractivity contribution >= 4 is 11.8 Å². The summed E-state index contributed by atoms with van der Waals surface area (Å²) in [5, 5.41) is 0. The second-order valence-corrected chi connectivity index (χ2v) is 9.22. The molecule has 0 saturated carbocycles. The fourth-order valence-electron chi connectivity index (χ4n) is 3.93. The van der Waals surface area contributed by atoms with Gasteiger partial charge in [0.15, 0.2) is 6.10 Å².